The molecule has 0 spiro atoms. The van der Waals surface area contributed by atoms with Crippen LogP contribution >= 0.6 is 27.5 Å². The Morgan fingerprint density at radius 1 is 1.62 bits per heavy atom. The molecule has 2 aromatic rings. The molecule has 0 aromatic carbocycles. The van der Waals surface area contributed by atoms with Gasteiger partial charge in [0.15, 0.2) is 11.0 Å². The van der Waals surface area contributed by atoms with Gasteiger partial charge in [-0.2, -0.15) is 4.98 Å². The van der Waals surface area contributed by atoms with Crippen LogP contribution in [-0.2, 0) is 6.54 Å². The first-order chi connectivity index (χ1) is 7.58. The minimum Gasteiger partial charge on any atom is -0.340 e. The van der Waals surface area contributed by atoms with Gasteiger partial charge in [0.1, 0.15) is 4.47 Å². The summed E-state index contributed by atoms with van der Waals surface area (Å²) < 4.78 is 6.35. The zero-order valence-electron chi connectivity index (χ0n) is 8.15. The SMILES string of the molecule is Cc1nc(Cn2cnc(Cl)c(Br)c2=O)no1. The molecule has 0 aliphatic rings. The van der Waals surface area contributed by atoms with Crippen molar-refractivity contribution in [2.75, 3.05) is 0 Å². The van der Waals surface area contributed by atoms with Gasteiger partial charge >= 0.3 is 0 Å². The molecule has 2 aromatic heterocycles. The van der Waals surface area contributed by atoms with Crippen LogP contribution in [0.4, 0.5) is 0 Å². The zero-order chi connectivity index (χ0) is 11.7. The van der Waals surface area contributed by atoms with Crippen LogP contribution in [0.1, 0.15) is 11.7 Å². The predicted molar refractivity (Wildman–Crippen MR) is 59.3 cm³/mol. The monoisotopic (exact) mass is 304 g/mol. The van der Waals surface area contributed by atoms with E-state index in [1.807, 2.05) is 0 Å². The van der Waals surface area contributed by atoms with Crippen LogP contribution in [0.25, 0.3) is 0 Å². The topological polar surface area (TPSA) is 73.8 Å². The van der Waals surface area contributed by atoms with Crippen molar-refractivity contribution in [2.45, 2.75) is 13.5 Å². The normalized spacial score (nSPS) is 10.7. The standard InChI is InChI=1S/C8H6BrClN4O2/c1-4-12-5(13-16-4)2-14-3-11-7(10)6(9)8(14)15/h3H,2H2,1H3. The second kappa shape index (κ2) is 4.34. The molecule has 2 heterocycles. The van der Waals surface area contributed by atoms with Gasteiger partial charge in [-0.15, -0.1) is 0 Å². The summed E-state index contributed by atoms with van der Waals surface area (Å²) in [4.78, 5) is 19.5. The summed E-state index contributed by atoms with van der Waals surface area (Å²) in [6.07, 6.45) is 1.33. The molecule has 84 valence electrons. The van der Waals surface area contributed by atoms with Gasteiger partial charge in [-0.1, -0.05) is 16.8 Å². The van der Waals surface area contributed by atoms with E-state index in [0.717, 1.165) is 0 Å². The van der Waals surface area contributed by atoms with E-state index in [1.165, 1.54) is 10.9 Å². The van der Waals surface area contributed by atoms with Crippen molar-refractivity contribution in [1.82, 2.24) is 19.7 Å². The van der Waals surface area contributed by atoms with E-state index in [4.69, 9.17) is 16.1 Å². The number of nitrogens with zero attached hydrogens (tertiary/aromatic N) is 4. The number of aryl methyl sites for hydroxylation is 1. The summed E-state index contributed by atoms with van der Waals surface area (Å²) in [5.41, 5.74) is -0.289. The van der Waals surface area contributed by atoms with Crippen LogP contribution in [0.15, 0.2) is 20.1 Å². The minimum atomic E-state index is -0.289. The predicted octanol–water partition coefficient (Wildman–Crippen LogP) is 1.40. The lowest BCUT2D eigenvalue weighted by atomic mass is 10.5. The van der Waals surface area contributed by atoms with E-state index in [2.05, 4.69) is 31.1 Å². The van der Waals surface area contributed by atoms with Crippen LogP contribution in [0, 0.1) is 6.92 Å². The van der Waals surface area contributed by atoms with Gasteiger partial charge < -0.3 is 4.52 Å². The van der Waals surface area contributed by atoms with E-state index in [0.29, 0.717) is 11.7 Å². The van der Waals surface area contributed by atoms with Gasteiger partial charge in [0.25, 0.3) is 5.56 Å². The highest BCUT2D eigenvalue weighted by atomic mass is 79.9. The average molecular weight is 306 g/mol. The summed E-state index contributed by atoms with van der Waals surface area (Å²) >= 11 is 8.73. The Bertz CT molecular complexity index is 580. The third-order valence-electron chi connectivity index (χ3n) is 1.82. The fraction of sp³-hybridized carbons (Fsp3) is 0.250. The van der Waals surface area contributed by atoms with Gasteiger partial charge in [-0.05, 0) is 15.9 Å². The lowest BCUT2D eigenvalue weighted by Gasteiger charge is -2.02. The molecular weight excluding hydrogens is 299 g/mol. The number of aromatic nitrogens is 4. The van der Waals surface area contributed by atoms with Crippen molar-refractivity contribution >= 4 is 27.5 Å². The van der Waals surface area contributed by atoms with Crippen molar-refractivity contribution in [3.63, 3.8) is 0 Å². The highest BCUT2D eigenvalue weighted by Crippen LogP contribution is 2.13. The van der Waals surface area contributed by atoms with Crippen LogP contribution in [0.5, 0.6) is 0 Å². The van der Waals surface area contributed by atoms with Crippen molar-refractivity contribution < 1.29 is 4.52 Å². The van der Waals surface area contributed by atoms with E-state index in [9.17, 15) is 4.79 Å². The van der Waals surface area contributed by atoms with Gasteiger partial charge in [0, 0.05) is 6.92 Å². The quantitative estimate of drug-likeness (QED) is 0.784. The molecule has 0 N–H and O–H groups in total. The van der Waals surface area contributed by atoms with E-state index in [-0.39, 0.29) is 21.7 Å². The number of rotatable bonds is 2. The first-order valence-electron chi connectivity index (χ1n) is 4.27. The Morgan fingerprint density at radius 3 is 3.00 bits per heavy atom. The summed E-state index contributed by atoms with van der Waals surface area (Å²) in [5.74, 6) is 0.861. The smallest absolute Gasteiger partial charge is 0.269 e. The molecular formula is C8H6BrClN4O2. The van der Waals surface area contributed by atoms with Crippen molar-refractivity contribution in [3.8, 4) is 0 Å². The molecule has 0 fully saturated rings. The second-order valence-corrected chi connectivity index (χ2v) is 4.16. The highest BCUT2D eigenvalue weighted by molar-refractivity contribution is 9.10. The number of hydrogen-bond acceptors (Lipinski definition) is 5. The van der Waals surface area contributed by atoms with Crippen LogP contribution < -0.4 is 5.56 Å². The van der Waals surface area contributed by atoms with Crippen LogP contribution in [0.3, 0.4) is 0 Å². The molecule has 16 heavy (non-hydrogen) atoms. The number of hydrogen-bond donors (Lipinski definition) is 0. The molecule has 6 nitrogen and oxygen atoms in total. The molecule has 0 amide bonds. The molecule has 0 unspecified atom stereocenters. The summed E-state index contributed by atoms with van der Waals surface area (Å²) in [6.45, 7) is 1.87. The third kappa shape index (κ3) is 2.14. The van der Waals surface area contributed by atoms with Crippen LogP contribution in [0.2, 0.25) is 5.15 Å². The van der Waals surface area contributed by atoms with E-state index >= 15 is 0 Å². The van der Waals surface area contributed by atoms with Gasteiger partial charge in [-0.25, -0.2) is 4.98 Å². The van der Waals surface area contributed by atoms with E-state index in [1.54, 1.807) is 6.92 Å². The maximum absolute atomic E-state index is 11.7. The lowest BCUT2D eigenvalue weighted by Crippen LogP contribution is -2.22. The molecule has 0 atom stereocenters. The first kappa shape index (κ1) is 11.3. The molecule has 0 aliphatic heterocycles. The van der Waals surface area contributed by atoms with E-state index < -0.39 is 0 Å². The lowest BCUT2D eigenvalue weighted by molar-refractivity contribution is 0.385. The molecule has 8 heteroatoms. The summed E-state index contributed by atoms with van der Waals surface area (Å²) in [5, 5.41) is 3.81. The van der Waals surface area contributed by atoms with Crippen LogP contribution in [-0.4, -0.2) is 19.7 Å². The fourth-order valence-electron chi connectivity index (χ4n) is 1.11. The summed E-state index contributed by atoms with van der Waals surface area (Å²) in [6, 6.07) is 0. The first-order valence-corrected chi connectivity index (χ1v) is 5.44. The average Bonchev–Trinajstić information content (AvgIpc) is 2.65. The third-order valence-corrected chi connectivity index (χ3v) is 3.05. The molecule has 0 aliphatic carbocycles. The van der Waals surface area contributed by atoms with Crippen molar-refractivity contribution in [2.24, 2.45) is 0 Å². The Morgan fingerprint density at radius 2 is 2.38 bits per heavy atom. The maximum atomic E-state index is 11.7. The van der Waals surface area contributed by atoms with Gasteiger partial charge in [-0.3, -0.25) is 9.36 Å². The zero-order valence-corrected chi connectivity index (χ0v) is 10.5. The van der Waals surface area contributed by atoms with Gasteiger partial charge in [0.2, 0.25) is 5.89 Å². The molecule has 0 saturated heterocycles. The summed E-state index contributed by atoms with van der Waals surface area (Å²) in [7, 11) is 0. The minimum absolute atomic E-state index is 0.130. The second-order valence-electron chi connectivity index (χ2n) is 3.01. The Hall–Kier alpha value is -1.21. The largest absolute Gasteiger partial charge is 0.340 e. The Kier molecular flexibility index (Phi) is 3.06. The molecule has 0 bridgehead atoms. The molecule has 2 rings (SSSR count). The van der Waals surface area contributed by atoms with Crippen molar-refractivity contribution in [1.29, 1.82) is 0 Å². The van der Waals surface area contributed by atoms with Crippen molar-refractivity contribution in [3.05, 3.63) is 38.0 Å². The fourth-order valence-corrected chi connectivity index (χ4v) is 1.57. The maximum Gasteiger partial charge on any atom is 0.269 e. The number of halogens is 2. The van der Waals surface area contributed by atoms with Gasteiger partial charge in [0.05, 0.1) is 12.9 Å². The molecule has 0 saturated carbocycles. The molecule has 0 radical (unpaired) electrons. The highest BCUT2D eigenvalue weighted by Gasteiger charge is 2.09. The Labute approximate surface area is 103 Å². The Balaban J connectivity index is 2.36.